The number of fused-ring (bicyclic) bond motifs is 5. The first-order valence-corrected chi connectivity index (χ1v) is 24.4. The molecular formula is C62H44N2Si. The van der Waals surface area contributed by atoms with Crippen LogP contribution in [0.15, 0.2) is 267 Å². The minimum atomic E-state index is -2.85. The molecule has 0 fully saturated rings. The van der Waals surface area contributed by atoms with Gasteiger partial charge < -0.3 is 9.47 Å². The first kappa shape index (κ1) is 38.4. The van der Waals surface area contributed by atoms with E-state index in [1.807, 2.05) is 0 Å². The molecule has 0 N–H and O–H groups in total. The van der Waals surface area contributed by atoms with Gasteiger partial charge in [-0.25, -0.2) is 0 Å². The summed E-state index contributed by atoms with van der Waals surface area (Å²) in [5.74, 6) is 0. The molecule has 0 bridgehead atoms. The van der Waals surface area contributed by atoms with Crippen molar-refractivity contribution in [1.29, 1.82) is 0 Å². The fourth-order valence-corrected chi connectivity index (χ4v) is 15.2. The number of benzene rings is 11. The van der Waals surface area contributed by atoms with Gasteiger partial charge in [0.1, 0.15) is 0 Å². The van der Waals surface area contributed by atoms with Gasteiger partial charge in [0.2, 0.25) is 0 Å². The Balaban J connectivity index is 1.12. The van der Waals surface area contributed by atoms with Crippen LogP contribution in [-0.4, -0.2) is 12.6 Å². The fourth-order valence-electron chi connectivity index (χ4n) is 10.4. The summed E-state index contributed by atoms with van der Waals surface area (Å²) in [6.45, 7) is 0. The molecule has 0 unspecified atom stereocenters. The molecule has 0 aliphatic rings. The molecule has 0 spiro atoms. The summed E-state index contributed by atoms with van der Waals surface area (Å²) in [7, 11) is -2.85. The van der Waals surface area contributed by atoms with Crippen LogP contribution < -0.4 is 25.6 Å². The molecule has 0 amide bonds. The van der Waals surface area contributed by atoms with Crippen molar-refractivity contribution in [3.63, 3.8) is 0 Å². The molecule has 65 heavy (non-hydrogen) atoms. The molecule has 12 aromatic rings. The second kappa shape index (κ2) is 16.1. The van der Waals surface area contributed by atoms with Crippen molar-refractivity contribution in [2.24, 2.45) is 0 Å². The SMILES string of the molecule is c1ccc([Si](c2ccccc2)(c2ccccc2)c2cccc(N(c3ccc(-c4cccc5ccccc45)cc3)c3cccc4c3c3ccccc3n4-c3ccc4ccccc4c3)c2)cc1. The van der Waals surface area contributed by atoms with Crippen LogP contribution in [0.25, 0.3) is 60.2 Å². The number of hydrogen-bond acceptors (Lipinski definition) is 1. The molecule has 0 saturated carbocycles. The number of aromatic nitrogens is 1. The van der Waals surface area contributed by atoms with E-state index < -0.39 is 8.07 Å². The van der Waals surface area contributed by atoms with E-state index in [0.717, 1.165) is 28.3 Å². The van der Waals surface area contributed by atoms with Gasteiger partial charge in [0.05, 0.1) is 16.7 Å². The lowest BCUT2D eigenvalue weighted by atomic mass is 9.98. The number of hydrogen-bond donors (Lipinski definition) is 0. The van der Waals surface area contributed by atoms with Gasteiger partial charge in [0.25, 0.3) is 0 Å². The molecule has 1 aromatic heterocycles. The number of nitrogens with zero attached hydrogens (tertiary/aromatic N) is 2. The van der Waals surface area contributed by atoms with Gasteiger partial charge >= 0.3 is 0 Å². The van der Waals surface area contributed by atoms with E-state index in [1.165, 1.54) is 69.7 Å². The van der Waals surface area contributed by atoms with E-state index in [4.69, 9.17) is 0 Å². The van der Waals surface area contributed by atoms with E-state index in [9.17, 15) is 0 Å². The summed E-state index contributed by atoms with van der Waals surface area (Å²) in [6.07, 6.45) is 0. The Bertz CT molecular complexity index is 3550. The third-order valence-corrected chi connectivity index (χ3v) is 18.1. The highest BCUT2D eigenvalue weighted by Gasteiger charge is 2.41. The molecule has 3 heteroatoms. The third kappa shape index (κ3) is 6.47. The van der Waals surface area contributed by atoms with Crippen LogP contribution in [0.3, 0.4) is 0 Å². The standard InChI is InChI=1S/C62H44N2Si/c1-4-24-52(25-5-1)65(53-26-6-2-7-27-53,54-28-8-3-9-29-54)55-30-17-23-50(44-55)63(49-40-38-47(39-41-49)57-33-16-22-46-20-12-13-31-56(46)57)60-35-18-36-61-62(60)58-32-14-15-34-59(58)64(61)51-42-37-45-19-10-11-21-48(45)43-51/h1-44H. The molecule has 12 rings (SSSR count). The molecular weight excluding hydrogens is 801 g/mol. The largest absolute Gasteiger partial charge is 0.310 e. The quantitative estimate of drug-likeness (QED) is 0.104. The third-order valence-electron chi connectivity index (χ3n) is 13.3. The minimum Gasteiger partial charge on any atom is -0.310 e. The molecule has 0 aliphatic carbocycles. The highest BCUT2D eigenvalue weighted by atomic mass is 28.3. The summed E-state index contributed by atoms with van der Waals surface area (Å²) in [6, 6.07) is 98.7. The molecule has 306 valence electrons. The maximum absolute atomic E-state index is 2.85. The Kier molecular flexibility index (Phi) is 9.55. The van der Waals surface area contributed by atoms with Crippen LogP contribution in [-0.2, 0) is 0 Å². The Labute approximate surface area is 380 Å². The van der Waals surface area contributed by atoms with Crippen LogP contribution >= 0.6 is 0 Å². The molecule has 11 aromatic carbocycles. The molecule has 2 nitrogen and oxygen atoms in total. The van der Waals surface area contributed by atoms with Crippen molar-refractivity contribution in [3.05, 3.63) is 267 Å². The molecule has 1 heterocycles. The van der Waals surface area contributed by atoms with Crippen molar-refractivity contribution in [3.8, 4) is 16.8 Å². The summed E-state index contributed by atoms with van der Waals surface area (Å²) in [4.78, 5) is 2.50. The Morgan fingerprint density at radius 3 is 1.57 bits per heavy atom. The Morgan fingerprint density at radius 2 is 0.862 bits per heavy atom. The van der Waals surface area contributed by atoms with Crippen molar-refractivity contribution in [2.45, 2.75) is 0 Å². The summed E-state index contributed by atoms with van der Waals surface area (Å²) in [5.41, 5.74) is 9.22. The molecule has 0 saturated heterocycles. The zero-order valence-electron chi connectivity index (χ0n) is 35.8. The average Bonchev–Trinajstić information content (AvgIpc) is 3.73. The number of para-hydroxylation sites is 1. The summed E-state index contributed by atoms with van der Waals surface area (Å²) >= 11 is 0. The van der Waals surface area contributed by atoms with Gasteiger partial charge in [0.15, 0.2) is 8.07 Å². The van der Waals surface area contributed by atoms with Crippen LogP contribution in [0.4, 0.5) is 17.1 Å². The van der Waals surface area contributed by atoms with Crippen molar-refractivity contribution < 1.29 is 0 Å². The van der Waals surface area contributed by atoms with Gasteiger partial charge in [-0.05, 0) is 108 Å². The average molecular weight is 845 g/mol. The van der Waals surface area contributed by atoms with Crippen molar-refractivity contribution in [2.75, 3.05) is 4.90 Å². The normalized spacial score (nSPS) is 11.7. The Morgan fingerprint density at radius 1 is 0.323 bits per heavy atom. The van der Waals surface area contributed by atoms with Gasteiger partial charge in [-0.1, -0.05) is 212 Å². The van der Waals surface area contributed by atoms with E-state index in [-0.39, 0.29) is 0 Å². The van der Waals surface area contributed by atoms with Crippen LogP contribution in [0.5, 0.6) is 0 Å². The maximum Gasteiger partial charge on any atom is 0.179 e. The second-order valence-corrected chi connectivity index (χ2v) is 20.7. The van der Waals surface area contributed by atoms with Gasteiger partial charge in [-0.15, -0.1) is 0 Å². The zero-order valence-corrected chi connectivity index (χ0v) is 36.8. The first-order chi connectivity index (χ1) is 32.3. The topological polar surface area (TPSA) is 8.17 Å². The monoisotopic (exact) mass is 844 g/mol. The minimum absolute atomic E-state index is 1.09. The van der Waals surface area contributed by atoms with E-state index in [2.05, 4.69) is 276 Å². The summed E-state index contributed by atoms with van der Waals surface area (Å²) in [5, 5.41) is 12.7. The lowest BCUT2D eigenvalue weighted by Crippen LogP contribution is -2.74. The summed E-state index contributed by atoms with van der Waals surface area (Å²) < 4.78 is 2.44. The lowest BCUT2D eigenvalue weighted by molar-refractivity contribution is 1.18. The van der Waals surface area contributed by atoms with Gasteiger partial charge in [-0.3, -0.25) is 0 Å². The number of rotatable bonds is 9. The smallest absolute Gasteiger partial charge is 0.179 e. The van der Waals surface area contributed by atoms with Crippen molar-refractivity contribution >= 4 is 89.2 Å². The van der Waals surface area contributed by atoms with Crippen LogP contribution in [0, 0.1) is 0 Å². The molecule has 0 radical (unpaired) electrons. The highest BCUT2D eigenvalue weighted by Crippen LogP contribution is 2.44. The maximum atomic E-state index is 2.50. The van der Waals surface area contributed by atoms with E-state index in [1.54, 1.807) is 0 Å². The predicted molar refractivity (Wildman–Crippen MR) is 280 cm³/mol. The number of anilines is 3. The van der Waals surface area contributed by atoms with Crippen molar-refractivity contribution in [1.82, 2.24) is 4.57 Å². The van der Waals surface area contributed by atoms with Gasteiger partial charge in [-0.2, -0.15) is 0 Å². The lowest BCUT2D eigenvalue weighted by Gasteiger charge is -2.35. The second-order valence-electron chi connectivity index (χ2n) is 16.9. The van der Waals surface area contributed by atoms with Crippen LogP contribution in [0.2, 0.25) is 0 Å². The van der Waals surface area contributed by atoms with Gasteiger partial charge in [0, 0.05) is 27.8 Å². The Hall–Kier alpha value is -8.24. The molecule has 0 aliphatic heterocycles. The molecule has 0 atom stereocenters. The fraction of sp³-hybridized carbons (Fsp3) is 0. The predicted octanol–water partition coefficient (Wildman–Crippen LogP) is 13.6. The first-order valence-electron chi connectivity index (χ1n) is 22.4. The van der Waals surface area contributed by atoms with E-state index >= 15 is 0 Å². The van der Waals surface area contributed by atoms with E-state index in [0.29, 0.717) is 0 Å². The zero-order chi connectivity index (χ0) is 43.2. The highest BCUT2D eigenvalue weighted by molar-refractivity contribution is 7.19. The van der Waals surface area contributed by atoms with Crippen LogP contribution in [0.1, 0.15) is 0 Å².